The third-order valence-corrected chi connectivity index (χ3v) is 2.23. The first kappa shape index (κ1) is 14.1. The summed E-state index contributed by atoms with van der Waals surface area (Å²) in [6.45, 7) is 2.38. The molecule has 0 radical (unpaired) electrons. The summed E-state index contributed by atoms with van der Waals surface area (Å²) in [7, 11) is 0. The Hall–Kier alpha value is -1.95. The number of unbranched alkanes of at least 4 members (excludes halogenated alkanes) is 1. The minimum Gasteiger partial charge on any atom is -0.298 e. The van der Waals surface area contributed by atoms with E-state index in [4.69, 9.17) is 4.89 Å². The Balaban J connectivity index is 2.37. The molecule has 0 aromatic heterocycles. The van der Waals surface area contributed by atoms with Crippen LogP contribution >= 0.6 is 0 Å². The van der Waals surface area contributed by atoms with E-state index in [1.807, 2.05) is 6.92 Å². The summed E-state index contributed by atoms with van der Waals surface area (Å²) in [5.74, 6) is -0.514. The molecule has 98 valence electrons. The highest BCUT2D eigenvalue weighted by molar-refractivity contribution is 5.72. The molecule has 0 heterocycles. The summed E-state index contributed by atoms with van der Waals surface area (Å²) in [5.41, 5.74) is 0.635. The second-order valence-electron chi connectivity index (χ2n) is 3.73. The van der Waals surface area contributed by atoms with Crippen LogP contribution in [0.2, 0.25) is 0 Å². The molecule has 0 spiro atoms. The van der Waals surface area contributed by atoms with Crippen LogP contribution in [0.5, 0.6) is 0 Å². The maximum absolute atomic E-state index is 11.3. The van der Waals surface area contributed by atoms with Crippen LogP contribution in [-0.4, -0.2) is 17.5 Å². The van der Waals surface area contributed by atoms with Crippen LogP contribution in [0.15, 0.2) is 24.3 Å². The molecule has 0 bridgehead atoms. The van der Waals surface area contributed by atoms with Crippen molar-refractivity contribution in [2.24, 2.45) is 0 Å². The molecule has 0 N–H and O–H groups in total. The van der Waals surface area contributed by atoms with E-state index in [1.54, 1.807) is 0 Å². The highest BCUT2D eigenvalue weighted by Gasteiger charge is 2.08. The fraction of sp³-hybridized carbons (Fsp3) is 0.417. The number of nitro benzene ring substituents is 1. The maximum Gasteiger partial charge on any atom is 0.346 e. The van der Waals surface area contributed by atoms with E-state index < -0.39 is 10.9 Å². The Morgan fingerprint density at radius 1 is 1.33 bits per heavy atom. The predicted molar refractivity (Wildman–Crippen MR) is 63.8 cm³/mol. The summed E-state index contributed by atoms with van der Waals surface area (Å²) in [4.78, 5) is 30.5. The number of nitro groups is 1. The lowest BCUT2D eigenvalue weighted by Crippen LogP contribution is -2.09. The molecular weight excluding hydrogens is 238 g/mol. The summed E-state index contributed by atoms with van der Waals surface area (Å²) in [5, 5.41) is 10.4. The van der Waals surface area contributed by atoms with E-state index >= 15 is 0 Å². The molecule has 6 nitrogen and oxygen atoms in total. The predicted octanol–water partition coefficient (Wildman–Crippen LogP) is 2.41. The SMILES string of the molecule is CCCCOOC(=O)Cc1ccc([N+](=O)[O-])cc1. The van der Waals surface area contributed by atoms with Gasteiger partial charge in [0.15, 0.2) is 0 Å². The van der Waals surface area contributed by atoms with Gasteiger partial charge >= 0.3 is 5.97 Å². The van der Waals surface area contributed by atoms with Gasteiger partial charge in [-0.1, -0.05) is 25.5 Å². The fourth-order valence-electron chi connectivity index (χ4n) is 1.24. The van der Waals surface area contributed by atoms with Gasteiger partial charge < -0.3 is 0 Å². The number of carbonyl (C=O) groups is 1. The van der Waals surface area contributed by atoms with Gasteiger partial charge in [-0.15, -0.1) is 0 Å². The molecule has 18 heavy (non-hydrogen) atoms. The highest BCUT2D eigenvalue weighted by Crippen LogP contribution is 2.12. The van der Waals surface area contributed by atoms with Crippen LogP contribution in [0.25, 0.3) is 0 Å². The van der Waals surface area contributed by atoms with Crippen LogP contribution in [0, 0.1) is 10.1 Å². The first-order valence-electron chi connectivity index (χ1n) is 5.69. The van der Waals surface area contributed by atoms with E-state index in [0.717, 1.165) is 12.8 Å². The van der Waals surface area contributed by atoms with Gasteiger partial charge in [0.05, 0.1) is 18.0 Å². The van der Waals surface area contributed by atoms with E-state index in [-0.39, 0.29) is 12.1 Å². The molecule has 0 saturated heterocycles. The Morgan fingerprint density at radius 3 is 2.56 bits per heavy atom. The van der Waals surface area contributed by atoms with Crippen LogP contribution in [0.3, 0.4) is 0 Å². The van der Waals surface area contributed by atoms with Gasteiger partial charge in [-0.25, -0.2) is 4.79 Å². The molecule has 0 aliphatic carbocycles. The van der Waals surface area contributed by atoms with Gasteiger partial charge in [0, 0.05) is 12.1 Å². The van der Waals surface area contributed by atoms with Crippen molar-refractivity contribution in [2.45, 2.75) is 26.2 Å². The molecule has 0 amide bonds. The Bertz CT molecular complexity index is 401. The van der Waals surface area contributed by atoms with Crippen molar-refractivity contribution in [3.63, 3.8) is 0 Å². The molecule has 1 aromatic rings. The van der Waals surface area contributed by atoms with E-state index in [1.165, 1.54) is 24.3 Å². The van der Waals surface area contributed by atoms with Gasteiger partial charge in [0.2, 0.25) is 0 Å². The largest absolute Gasteiger partial charge is 0.346 e. The van der Waals surface area contributed by atoms with Gasteiger partial charge in [-0.2, -0.15) is 4.89 Å². The minimum absolute atomic E-state index is 0.00804. The van der Waals surface area contributed by atoms with Gasteiger partial charge in [-0.05, 0) is 12.0 Å². The first-order chi connectivity index (χ1) is 8.63. The highest BCUT2D eigenvalue weighted by atomic mass is 17.2. The molecule has 0 aliphatic rings. The average Bonchev–Trinajstić information content (AvgIpc) is 2.35. The number of hydrogen-bond donors (Lipinski definition) is 0. The fourth-order valence-corrected chi connectivity index (χ4v) is 1.24. The van der Waals surface area contributed by atoms with Gasteiger partial charge in [0.1, 0.15) is 0 Å². The van der Waals surface area contributed by atoms with Gasteiger partial charge in [0.25, 0.3) is 5.69 Å². The normalized spacial score (nSPS) is 10.1. The summed E-state index contributed by atoms with van der Waals surface area (Å²) >= 11 is 0. The summed E-state index contributed by atoms with van der Waals surface area (Å²) in [6, 6.07) is 5.73. The zero-order chi connectivity index (χ0) is 13.4. The standard InChI is InChI=1S/C12H15NO5/c1-2-3-8-17-18-12(14)9-10-4-6-11(7-5-10)13(15)16/h4-7H,2-3,8-9H2,1H3. The van der Waals surface area contributed by atoms with Crippen LogP contribution in [-0.2, 0) is 21.0 Å². The molecule has 1 aromatic carbocycles. The number of benzene rings is 1. The van der Waals surface area contributed by atoms with Crippen LogP contribution in [0.4, 0.5) is 5.69 Å². The lowest BCUT2D eigenvalue weighted by Gasteiger charge is -2.03. The number of hydrogen-bond acceptors (Lipinski definition) is 5. The van der Waals surface area contributed by atoms with Crippen LogP contribution in [0.1, 0.15) is 25.3 Å². The number of rotatable bonds is 7. The molecule has 0 unspecified atom stereocenters. The van der Waals surface area contributed by atoms with Crippen molar-refractivity contribution in [3.8, 4) is 0 Å². The number of nitrogens with zero attached hydrogens (tertiary/aromatic N) is 1. The molecule has 0 aliphatic heterocycles. The van der Waals surface area contributed by atoms with E-state index in [9.17, 15) is 14.9 Å². The molecule has 0 fully saturated rings. The lowest BCUT2D eigenvalue weighted by atomic mass is 10.1. The van der Waals surface area contributed by atoms with Crippen LogP contribution < -0.4 is 0 Å². The number of non-ortho nitro benzene ring substituents is 1. The Morgan fingerprint density at radius 2 is 2.00 bits per heavy atom. The topological polar surface area (TPSA) is 78.7 Å². The third kappa shape index (κ3) is 4.92. The van der Waals surface area contributed by atoms with Crippen molar-refractivity contribution in [3.05, 3.63) is 39.9 Å². The molecule has 0 saturated carbocycles. The quantitative estimate of drug-likeness (QED) is 0.322. The summed E-state index contributed by atoms with van der Waals surface area (Å²) < 4.78 is 0. The molecule has 1 rings (SSSR count). The van der Waals surface area contributed by atoms with Crippen molar-refractivity contribution in [1.82, 2.24) is 0 Å². The van der Waals surface area contributed by atoms with E-state index in [2.05, 4.69) is 4.89 Å². The van der Waals surface area contributed by atoms with Crippen molar-refractivity contribution in [1.29, 1.82) is 0 Å². The van der Waals surface area contributed by atoms with Crippen molar-refractivity contribution < 1.29 is 19.5 Å². The monoisotopic (exact) mass is 253 g/mol. The maximum atomic E-state index is 11.3. The number of carbonyl (C=O) groups excluding carboxylic acids is 1. The lowest BCUT2D eigenvalue weighted by molar-refractivity contribution is -0.384. The summed E-state index contributed by atoms with van der Waals surface area (Å²) in [6.07, 6.45) is 1.81. The van der Waals surface area contributed by atoms with Crippen molar-refractivity contribution >= 4 is 11.7 Å². The first-order valence-corrected chi connectivity index (χ1v) is 5.69. The zero-order valence-electron chi connectivity index (χ0n) is 10.1. The van der Waals surface area contributed by atoms with Crippen molar-refractivity contribution in [2.75, 3.05) is 6.61 Å². The molecule has 0 atom stereocenters. The third-order valence-electron chi connectivity index (χ3n) is 2.23. The van der Waals surface area contributed by atoms with E-state index in [0.29, 0.717) is 12.2 Å². The minimum atomic E-state index is -0.514. The molecule has 6 heteroatoms. The second kappa shape index (κ2) is 7.39. The zero-order valence-corrected chi connectivity index (χ0v) is 10.1. The second-order valence-corrected chi connectivity index (χ2v) is 3.73. The average molecular weight is 253 g/mol. The molecular formula is C12H15NO5. The smallest absolute Gasteiger partial charge is 0.298 e. The Labute approximate surface area is 105 Å². The Kier molecular flexibility index (Phi) is 5.79. The van der Waals surface area contributed by atoms with Gasteiger partial charge in [-0.3, -0.25) is 15.0 Å².